The maximum atomic E-state index is 9.98. The van der Waals surface area contributed by atoms with Crippen LogP contribution >= 0.6 is 23.2 Å². The molecule has 0 unspecified atom stereocenters. The van der Waals surface area contributed by atoms with Crippen molar-refractivity contribution in [2.24, 2.45) is 0 Å². The van der Waals surface area contributed by atoms with Crippen molar-refractivity contribution in [2.45, 2.75) is 13.3 Å². The molecule has 0 aliphatic carbocycles. The largest absolute Gasteiger partial charge is 0.508 e. The van der Waals surface area contributed by atoms with Crippen LogP contribution < -0.4 is 16.8 Å². The fourth-order valence-corrected chi connectivity index (χ4v) is 3.30. The Hall–Kier alpha value is -3.49. The number of fused-ring (bicyclic) bond motifs is 1. The molecule has 6 N–H and O–H groups in total. The third-order valence-electron chi connectivity index (χ3n) is 4.39. The van der Waals surface area contributed by atoms with Gasteiger partial charge in [0.25, 0.3) is 0 Å². The molecule has 0 fully saturated rings. The lowest BCUT2D eigenvalue weighted by Crippen LogP contribution is -2.00. The van der Waals surface area contributed by atoms with Crippen molar-refractivity contribution in [1.29, 1.82) is 0 Å². The number of amides is 1. The first-order valence-corrected chi connectivity index (χ1v) is 9.97. The molecule has 1 amide bonds. The Morgan fingerprint density at radius 1 is 1.13 bits per heavy atom. The fourth-order valence-electron chi connectivity index (χ4n) is 2.88. The normalized spacial score (nSPS) is 10.4. The number of benzene rings is 1. The standard InChI is InChI=1S/C15H14ClN3O.C6H6ClN3O/c1-2-9-8-19-14(6-5-13(17)15(19)18-9)11-4-3-10(20)7-12(11)16;7-5-2-1-4(9-3-11)6(8)10-5/h3-8,20H,2,17H2,1H3;1-3H,(H2,8,10)(H,9,11). The van der Waals surface area contributed by atoms with Gasteiger partial charge in [-0.3, -0.25) is 9.20 Å². The first-order valence-electron chi connectivity index (χ1n) is 9.21. The van der Waals surface area contributed by atoms with E-state index in [2.05, 4.69) is 15.3 Å². The van der Waals surface area contributed by atoms with E-state index in [1.807, 2.05) is 29.7 Å². The van der Waals surface area contributed by atoms with Crippen LogP contribution in [-0.4, -0.2) is 25.9 Å². The number of pyridine rings is 2. The predicted octanol–water partition coefficient (Wildman–Crippen LogP) is 4.39. The minimum absolute atomic E-state index is 0.144. The summed E-state index contributed by atoms with van der Waals surface area (Å²) in [6, 6.07) is 11.8. The molecule has 4 aromatic rings. The quantitative estimate of drug-likeness (QED) is 0.264. The van der Waals surface area contributed by atoms with Crippen LogP contribution in [0.25, 0.3) is 16.9 Å². The zero-order valence-electron chi connectivity index (χ0n) is 16.5. The van der Waals surface area contributed by atoms with Gasteiger partial charge in [0.05, 0.1) is 27.8 Å². The number of carbonyl (C=O) groups is 1. The number of hydrogen-bond acceptors (Lipinski definition) is 6. The van der Waals surface area contributed by atoms with Crippen LogP contribution in [0.2, 0.25) is 10.2 Å². The Morgan fingerprint density at radius 3 is 2.55 bits per heavy atom. The number of rotatable bonds is 4. The van der Waals surface area contributed by atoms with E-state index in [1.54, 1.807) is 24.3 Å². The number of halogens is 2. The zero-order chi connectivity index (χ0) is 22.5. The highest BCUT2D eigenvalue weighted by Gasteiger charge is 2.12. The third-order valence-corrected chi connectivity index (χ3v) is 4.91. The highest BCUT2D eigenvalue weighted by molar-refractivity contribution is 6.33. The molecule has 0 bridgehead atoms. The monoisotopic (exact) mass is 458 g/mol. The van der Waals surface area contributed by atoms with Gasteiger partial charge in [-0.1, -0.05) is 30.1 Å². The molecule has 3 heterocycles. The molecule has 0 radical (unpaired) electrons. The second kappa shape index (κ2) is 9.55. The molecule has 10 heteroatoms. The van der Waals surface area contributed by atoms with Crippen LogP contribution in [0.1, 0.15) is 12.6 Å². The number of aromatic nitrogens is 3. The third kappa shape index (κ3) is 4.99. The Balaban J connectivity index is 0.000000210. The summed E-state index contributed by atoms with van der Waals surface area (Å²) in [5, 5.41) is 12.6. The molecular formula is C21H20Cl2N6O2. The molecule has 0 saturated heterocycles. The molecule has 0 saturated carbocycles. The molecule has 160 valence electrons. The van der Waals surface area contributed by atoms with Gasteiger partial charge < -0.3 is 21.9 Å². The smallest absolute Gasteiger partial charge is 0.211 e. The van der Waals surface area contributed by atoms with Crippen molar-refractivity contribution in [3.8, 4) is 17.0 Å². The number of phenols is 1. The van der Waals surface area contributed by atoms with Gasteiger partial charge in [0.1, 0.15) is 16.7 Å². The van der Waals surface area contributed by atoms with Gasteiger partial charge in [-0.2, -0.15) is 0 Å². The predicted molar refractivity (Wildman–Crippen MR) is 124 cm³/mol. The van der Waals surface area contributed by atoms with Gasteiger partial charge in [-0.05, 0) is 48.9 Å². The van der Waals surface area contributed by atoms with Crippen LogP contribution in [0, 0.1) is 0 Å². The Bertz CT molecular complexity index is 1240. The maximum absolute atomic E-state index is 9.98. The first-order chi connectivity index (χ1) is 14.8. The maximum Gasteiger partial charge on any atom is 0.211 e. The number of aromatic hydroxyl groups is 1. The average molecular weight is 459 g/mol. The lowest BCUT2D eigenvalue weighted by molar-refractivity contribution is -0.105. The highest BCUT2D eigenvalue weighted by atomic mass is 35.5. The van der Waals surface area contributed by atoms with Gasteiger partial charge in [0, 0.05) is 11.8 Å². The molecule has 4 rings (SSSR count). The minimum Gasteiger partial charge on any atom is -0.508 e. The second-order valence-corrected chi connectivity index (χ2v) is 7.24. The first kappa shape index (κ1) is 22.2. The van der Waals surface area contributed by atoms with Crippen LogP contribution in [0.4, 0.5) is 17.2 Å². The lowest BCUT2D eigenvalue weighted by Gasteiger charge is -2.09. The van der Waals surface area contributed by atoms with Crippen molar-refractivity contribution in [2.75, 3.05) is 16.8 Å². The van der Waals surface area contributed by atoms with Crippen molar-refractivity contribution in [1.82, 2.24) is 14.4 Å². The minimum atomic E-state index is 0.144. The number of nitrogens with one attached hydrogen (secondary N) is 1. The van der Waals surface area contributed by atoms with Gasteiger partial charge in [-0.25, -0.2) is 9.97 Å². The molecule has 0 spiro atoms. The number of carbonyl (C=O) groups excluding carboxylic acids is 1. The Morgan fingerprint density at radius 2 is 1.90 bits per heavy atom. The molecule has 0 atom stereocenters. The van der Waals surface area contributed by atoms with E-state index in [-0.39, 0.29) is 11.6 Å². The highest BCUT2D eigenvalue weighted by Crippen LogP contribution is 2.32. The number of hydrogen-bond donors (Lipinski definition) is 4. The van der Waals surface area contributed by atoms with Gasteiger partial charge >= 0.3 is 0 Å². The second-order valence-electron chi connectivity index (χ2n) is 6.45. The number of aryl methyl sites for hydroxylation is 1. The van der Waals surface area contributed by atoms with Crippen molar-refractivity contribution < 1.29 is 9.90 Å². The number of nitrogens with zero attached hydrogens (tertiary/aromatic N) is 3. The molecule has 31 heavy (non-hydrogen) atoms. The number of phenolic OH excluding ortho intramolecular Hbond substituents is 1. The zero-order valence-corrected chi connectivity index (χ0v) is 18.0. The van der Waals surface area contributed by atoms with Crippen LogP contribution in [0.15, 0.2) is 48.7 Å². The van der Waals surface area contributed by atoms with E-state index in [0.717, 1.165) is 29.0 Å². The molecular weight excluding hydrogens is 439 g/mol. The fraction of sp³-hybridized carbons (Fsp3) is 0.0952. The molecule has 0 aliphatic rings. The summed E-state index contributed by atoms with van der Waals surface area (Å²) in [6.45, 7) is 2.05. The Labute approximate surface area is 188 Å². The van der Waals surface area contributed by atoms with Crippen LogP contribution in [0.5, 0.6) is 5.75 Å². The summed E-state index contributed by atoms with van der Waals surface area (Å²) < 4.78 is 1.94. The summed E-state index contributed by atoms with van der Waals surface area (Å²) in [7, 11) is 0. The molecule has 1 aromatic carbocycles. The summed E-state index contributed by atoms with van der Waals surface area (Å²) in [5.41, 5.74) is 15.9. The van der Waals surface area contributed by atoms with Gasteiger partial charge in [0.2, 0.25) is 6.41 Å². The van der Waals surface area contributed by atoms with E-state index < -0.39 is 0 Å². The molecule has 8 nitrogen and oxygen atoms in total. The van der Waals surface area contributed by atoms with Crippen molar-refractivity contribution in [3.63, 3.8) is 0 Å². The summed E-state index contributed by atoms with van der Waals surface area (Å²) in [5.74, 6) is 0.356. The number of anilines is 3. The topological polar surface area (TPSA) is 132 Å². The van der Waals surface area contributed by atoms with E-state index in [1.165, 1.54) is 6.07 Å². The molecule has 3 aromatic heterocycles. The van der Waals surface area contributed by atoms with Crippen LogP contribution in [0.3, 0.4) is 0 Å². The number of imidazole rings is 1. The van der Waals surface area contributed by atoms with Crippen molar-refractivity contribution >= 4 is 52.5 Å². The van der Waals surface area contributed by atoms with Gasteiger partial charge in [-0.15, -0.1) is 0 Å². The van der Waals surface area contributed by atoms with Crippen molar-refractivity contribution in [3.05, 3.63) is 64.5 Å². The lowest BCUT2D eigenvalue weighted by atomic mass is 10.1. The number of nitrogens with two attached hydrogens (primary N) is 2. The van der Waals surface area contributed by atoms with Crippen LogP contribution in [-0.2, 0) is 11.2 Å². The summed E-state index contributed by atoms with van der Waals surface area (Å²) in [6.07, 6.45) is 3.33. The van der Waals surface area contributed by atoms with E-state index >= 15 is 0 Å². The number of nitrogen functional groups attached to an aromatic ring is 2. The summed E-state index contributed by atoms with van der Waals surface area (Å²) in [4.78, 5) is 18.2. The Kier molecular flexibility index (Phi) is 6.84. The van der Waals surface area contributed by atoms with E-state index in [0.29, 0.717) is 28.0 Å². The summed E-state index contributed by atoms with van der Waals surface area (Å²) >= 11 is 11.7. The van der Waals surface area contributed by atoms with E-state index in [9.17, 15) is 9.90 Å². The molecule has 0 aliphatic heterocycles. The SMILES string of the molecule is CCc1cn2c(-c3ccc(O)cc3Cl)ccc(N)c2n1.Nc1nc(Cl)ccc1NC=O. The van der Waals surface area contributed by atoms with E-state index in [4.69, 9.17) is 34.7 Å². The average Bonchev–Trinajstić information content (AvgIpc) is 3.17. The van der Waals surface area contributed by atoms with Gasteiger partial charge in [0.15, 0.2) is 5.65 Å².